The van der Waals surface area contributed by atoms with Crippen molar-refractivity contribution in [3.8, 4) is 5.75 Å². The molecule has 138 valence electrons. The second-order valence-corrected chi connectivity index (χ2v) is 5.96. The molecule has 0 spiro atoms. The lowest BCUT2D eigenvalue weighted by Gasteiger charge is -2.37. The van der Waals surface area contributed by atoms with Crippen LogP contribution in [0.5, 0.6) is 5.75 Å². The molecule has 2 aromatic rings. The Morgan fingerprint density at radius 2 is 1.96 bits per heavy atom. The van der Waals surface area contributed by atoms with Crippen LogP contribution in [0.2, 0.25) is 0 Å². The predicted octanol–water partition coefficient (Wildman–Crippen LogP) is 2.00. The number of hydrogen-bond donors (Lipinski definition) is 1. The summed E-state index contributed by atoms with van der Waals surface area (Å²) in [4.78, 5) is 12.9. The lowest BCUT2D eigenvalue weighted by atomic mass is 10.2. The molecular weight excluding hydrogens is 333 g/mol. The average Bonchev–Trinajstić information content (AvgIpc) is 2.70. The average molecular weight is 357 g/mol. The summed E-state index contributed by atoms with van der Waals surface area (Å²) in [5, 5.41) is 3.33. The first-order chi connectivity index (χ1) is 12.8. The van der Waals surface area contributed by atoms with Crippen molar-refractivity contribution in [2.24, 2.45) is 4.99 Å². The van der Waals surface area contributed by atoms with Crippen molar-refractivity contribution in [1.29, 1.82) is 0 Å². The maximum Gasteiger partial charge on any atom is 0.193 e. The molecule has 2 heterocycles. The minimum Gasteiger partial charge on any atom is -0.490 e. The van der Waals surface area contributed by atoms with Gasteiger partial charge in [0.25, 0.3) is 0 Å². The maximum absolute atomic E-state index is 13.1. The molecule has 0 unspecified atom stereocenters. The van der Waals surface area contributed by atoms with E-state index in [1.165, 1.54) is 12.1 Å². The fourth-order valence-corrected chi connectivity index (χ4v) is 2.92. The van der Waals surface area contributed by atoms with E-state index in [0.717, 1.165) is 43.6 Å². The van der Waals surface area contributed by atoms with Crippen LogP contribution < -0.4 is 15.0 Å². The van der Waals surface area contributed by atoms with E-state index in [2.05, 4.69) is 25.1 Å². The number of nitrogens with one attached hydrogen (secondary N) is 1. The molecule has 1 aliphatic heterocycles. The van der Waals surface area contributed by atoms with E-state index in [-0.39, 0.29) is 5.82 Å². The number of aromatic nitrogens is 1. The van der Waals surface area contributed by atoms with Crippen molar-refractivity contribution in [3.63, 3.8) is 0 Å². The van der Waals surface area contributed by atoms with Crippen LogP contribution in [0.4, 0.5) is 10.1 Å². The summed E-state index contributed by atoms with van der Waals surface area (Å²) in [6, 6.07) is 10.4. The Morgan fingerprint density at radius 3 is 2.62 bits per heavy atom. The number of anilines is 1. The molecule has 0 atom stereocenters. The number of hydrogen-bond acceptors (Lipinski definition) is 4. The third-order valence-electron chi connectivity index (χ3n) is 4.27. The van der Waals surface area contributed by atoms with Gasteiger partial charge in [-0.3, -0.25) is 9.98 Å². The standard InChI is InChI=1S/C19H24FN5O/c1-21-19(23-9-14-26-18-3-2-8-22-15-18)25-12-10-24(11-13-25)17-6-4-16(20)5-7-17/h2-8,15H,9-14H2,1H3,(H,21,23). The Bertz CT molecular complexity index is 700. The van der Waals surface area contributed by atoms with Gasteiger partial charge in [0.05, 0.1) is 12.7 Å². The zero-order valence-electron chi connectivity index (χ0n) is 14.9. The van der Waals surface area contributed by atoms with Gasteiger partial charge in [-0.1, -0.05) is 0 Å². The predicted molar refractivity (Wildman–Crippen MR) is 101 cm³/mol. The molecule has 1 saturated heterocycles. The summed E-state index contributed by atoms with van der Waals surface area (Å²) in [5.74, 6) is 1.43. The van der Waals surface area contributed by atoms with Crippen LogP contribution in [0.3, 0.4) is 0 Å². The van der Waals surface area contributed by atoms with Crippen LogP contribution in [0, 0.1) is 5.82 Å². The smallest absolute Gasteiger partial charge is 0.193 e. The lowest BCUT2D eigenvalue weighted by molar-refractivity contribution is 0.314. The van der Waals surface area contributed by atoms with Gasteiger partial charge in [0.15, 0.2) is 5.96 Å². The number of aliphatic imine (C=N–C) groups is 1. The van der Waals surface area contributed by atoms with Gasteiger partial charge in [0, 0.05) is 45.1 Å². The highest BCUT2D eigenvalue weighted by Crippen LogP contribution is 2.16. The summed E-state index contributed by atoms with van der Waals surface area (Å²) in [6.07, 6.45) is 3.42. The van der Waals surface area contributed by atoms with Gasteiger partial charge in [-0.15, -0.1) is 0 Å². The van der Waals surface area contributed by atoms with Gasteiger partial charge in [0.2, 0.25) is 0 Å². The molecule has 1 N–H and O–H groups in total. The third-order valence-corrected chi connectivity index (χ3v) is 4.27. The fourth-order valence-electron chi connectivity index (χ4n) is 2.92. The number of pyridine rings is 1. The van der Waals surface area contributed by atoms with Crippen LogP contribution in [-0.2, 0) is 0 Å². The minimum atomic E-state index is -0.203. The number of piperazine rings is 1. The minimum absolute atomic E-state index is 0.203. The van der Waals surface area contributed by atoms with Crippen LogP contribution in [0.1, 0.15) is 0 Å². The first kappa shape index (κ1) is 18.0. The summed E-state index contributed by atoms with van der Waals surface area (Å²) in [5.41, 5.74) is 1.05. The molecule has 1 aromatic heterocycles. The summed E-state index contributed by atoms with van der Waals surface area (Å²) in [6.45, 7) is 4.68. The lowest BCUT2D eigenvalue weighted by Crippen LogP contribution is -2.53. The molecule has 0 aliphatic carbocycles. The summed E-state index contributed by atoms with van der Waals surface area (Å²) < 4.78 is 18.7. The van der Waals surface area contributed by atoms with E-state index in [0.29, 0.717) is 13.2 Å². The van der Waals surface area contributed by atoms with Crippen molar-refractivity contribution in [2.45, 2.75) is 0 Å². The van der Waals surface area contributed by atoms with Crippen LogP contribution in [0.15, 0.2) is 53.8 Å². The van der Waals surface area contributed by atoms with Crippen molar-refractivity contribution in [1.82, 2.24) is 15.2 Å². The van der Waals surface area contributed by atoms with Crippen LogP contribution >= 0.6 is 0 Å². The number of halogens is 1. The van der Waals surface area contributed by atoms with Gasteiger partial charge < -0.3 is 19.9 Å². The first-order valence-electron chi connectivity index (χ1n) is 8.75. The molecule has 6 nitrogen and oxygen atoms in total. The van der Waals surface area contributed by atoms with Crippen molar-refractivity contribution >= 4 is 11.6 Å². The highest BCUT2D eigenvalue weighted by molar-refractivity contribution is 5.80. The highest BCUT2D eigenvalue weighted by Gasteiger charge is 2.19. The van der Waals surface area contributed by atoms with Gasteiger partial charge in [-0.2, -0.15) is 0 Å². The van der Waals surface area contributed by atoms with E-state index < -0.39 is 0 Å². The number of nitrogens with zero attached hydrogens (tertiary/aromatic N) is 4. The van der Waals surface area contributed by atoms with Crippen molar-refractivity contribution < 1.29 is 9.13 Å². The number of ether oxygens (including phenoxy) is 1. The molecule has 26 heavy (non-hydrogen) atoms. The fraction of sp³-hybridized carbons (Fsp3) is 0.368. The molecule has 0 amide bonds. The highest BCUT2D eigenvalue weighted by atomic mass is 19.1. The molecule has 1 aromatic carbocycles. The first-order valence-corrected chi connectivity index (χ1v) is 8.75. The summed E-state index contributed by atoms with van der Waals surface area (Å²) >= 11 is 0. The molecule has 7 heteroatoms. The van der Waals surface area contributed by atoms with E-state index in [4.69, 9.17) is 4.74 Å². The Balaban J connectivity index is 1.42. The van der Waals surface area contributed by atoms with E-state index in [9.17, 15) is 4.39 Å². The van der Waals surface area contributed by atoms with Gasteiger partial charge in [-0.05, 0) is 36.4 Å². The normalized spacial score (nSPS) is 15.1. The molecule has 1 aliphatic rings. The molecule has 3 rings (SSSR count). The monoisotopic (exact) mass is 357 g/mol. The molecule has 0 bridgehead atoms. The number of rotatable bonds is 5. The zero-order chi connectivity index (χ0) is 18.2. The van der Waals surface area contributed by atoms with Crippen LogP contribution in [-0.4, -0.2) is 62.2 Å². The number of benzene rings is 1. The zero-order valence-corrected chi connectivity index (χ0v) is 14.9. The SMILES string of the molecule is CN=C(NCCOc1cccnc1)N1CCN(c2ccc(F)cc2)CC1. The van der Waals surface area contributed by atoms with E-state index >= 15 is 0 Å². The number of guanidine groups is 1. The van der Waals surface area contributed by atoms with Gasteiger partial charge in [0.1, 0.15) is 18.2 Å². The summed E-state index contributed by atoms with van der Waals surface area (Å²) in [7, 11) is 1.79. The van der Waals surface area contributed by atoms with Crippen LogP contribution in [0.25, 0.3) is 0 Å². The Labute approximate surface area is 153 Å². The van der Waals surface area contributed by atoms with Gasteiger partial charge >= 0.3 is 0 Å². The molecule has 0 saturated carbocycles. The molecular formula is C19H24FN5O. The second kappa shape index (κ2) is 9.03. The Morgan fingerprint density at radius 1 is 1.19 bits per heavy atom. The molecule has 0 radical (unpaired) electrons. The maximum atomic E-state index is 13.1. The van der Waals surface area contributed by atoms with E-state index in [1.54, 1.807) is 19.4 Å². The van der Waals surface area contributed by atoms with E-state index in [1.807, 2.05) is 24.3 Å². The molecule has 1 fully saturated rings. The van der Waals surface area contributed by atoms with Gasteiger partial charge in [-0.25, -0.2) is 4.39 Å². The topological polar surface area (TPSA) is 53.0 Å². The Kier molecular flexibility index (Phi) is 6.24. The Hall–Kier alpha value is -2.83. The van der Waals surface area contributed by atoms with Crippen molar-refractivity contribution in [2.75, 3.05) is 51.3 Å². The van der Waals surface area contributed by atoms with Crippen molar-refractivity contribution in [3.05, 3.63) is 54.6 Å². The third kappa shape index (κ3) is 4.84. The second-order valence-electron chi connectivity index (χ2n) is 5.96. The quantitative estimate of drug-likeness (QED) is 0.504. The largest absolute Gasteiger partial charge is 0.490 e.